The second-order valence-electron chi connectivity index (χ2n) is 3.69. The van der Waals surface area contributed by atoms with Gasteiger partial charge in [-0.15, -0.1) is 0 Å². The third kappa shape index (κ3) is 4.01. The number of aliphatic imine (C=N–C) groups is 1. The van der Waals surface area contributed by atoms with Crippen LogP contribution in [0, 0.1) is 5.92 Å². The van der Waals surface area contributed by atoms with Crippen LogP contribution in [0.3, 0.4) is 0 Å². The van der Waals surface area contributed by atoms with E-state index in [9.17, 15) is 21.6 Å². The maximum absolute atomic E-state index is 12.2. The van der Waals surface area contributed by atoms with E-state index in [2.05, 4.69) is 15.9 Å². The summed E-state index contributed by atoms with van der Waals surface area (Å²) < 4.78 is 62.5. The van der Waals surface area contributed by atoms with Gasteiger partial charge in [-0.3, -0.25) is 4.99 Å². The predicted molar refractivity (Wildman–Crippen MR) is 62.6 cm³/mol. The van der Waals surface area contributed by atoms with Gasteiger partial charge in [0.05, 0.1) is 0 Å². The van der Waals surface area contributed by atoms with Crippen molar-refractivity contribution in [3.63, 3.8) is 0 Å². The molecule has 0 aromatic carbocycles. The number of hydrogen-bond donors (Lipinski definition) is 0. The molecule has 0 fully saturated rings. The lowest BCUT2D eigenvalue weighted by Gasteiger charge is -2.21. The normalized spacial score (nSPS) is 17.1. The maximum Gasteiger partial charge on any atom is 0.534 e. The average molecular weight is 287 g/mol. The van der Waals surface area contributed by atoms with Gasteiger partial charge >= 0.3 is 15.6 Å². The van der Waals surface area contributed by atoms with Crippen molar-refractivity contribution in [1.82, 2.24) is 0 Å². The highest BCUT2D eigenvalue weighted by molar-refractivity contribution is 7.87. The SMILES string of the molecule is C=NC(/C(=C\C)OS(=O)(=O)C(F)(F)F)C(C)CC. The molecule has 0 aromatic heterocycles. The summed E-state index contributed by atoms with van der Waals surface area (Å²) in [5.74, 6) is -0.547. The van der Waals surface area contributed by atoms with Crippen LogP contribution in [0.25, 0.3) is 0 Å². The number of hydrogen-bond acceptors (Lipinski definition) is 4. The molecule has 0 aliphatic rings. The fraction of sp³-hybridized carbons (Fsp3) is 0.700. The molecule has 4 nitrogen and oxygen atoms in total. The van der Waals surface area contributed by atoms with Gasteiger partial charge in [-0.05, 0) is 25.6 Å². The Kier molecular flexibility index (Phi) is 5.85. The Morgan fingerprint density at radius 3 is 2.28 bits per heavy atom. The van der Waals surface area contributed by atoms with Crippen LogP contribution in [-0.4, -0.2) is 26.7 Å². The first-order valence-corrected chi connectivity index (χ1v) is 6.64. The van der Waals surface area contributed by atoms with E-state index in [4.69, 9.17) is 0 Å². The van der Waals surface area contributed by atoms with Gasteiger partial charge in [0.2, 0.25) is 0 Å². The standard InChI is InChI=1S/C10H16F3NO3S/c1-5-7(3)9(14-4)8(6-2)17-18(15,16)10(11,12)13/h6-7,9H,4-5H2,1-3H3/b8-6+. The number of nitrogens with zero attached hydrogens (tertiary/aromatic N) is 1. The second-order valence-corrected chi connectivity index (χ2v) is 5.23. The lowest BCUT2D eigenvalue weighted by molar-refractivity contribution is -0.0525. The molecule has 0 saturated carbocycles. The lowest BCUT2D eigenvalue weighted by atomic mass is 9.98. The van der Waals surface area contributed by atoms with E-state index in [1.807, 2.05) is 0 Å². The van der Waals surface area contributed by atoms with Crippen molar-refractivity contribution in [3.8, 4) is 0 Å². The minimum Gasteiger partial charge on any atom is -0.379 e. The van der Waals surface area contributed by atoms with Gasteiger partial charge in [-0.2, -0.15) is 21.6 Å². The van der Waals surface area contributed by atoms with E-state index >= 15 is 0 Å². The Morgan fingerprint density at radius 1 is 1.50 bits per heavy atom. The van der Waals surface area contributed by atoms with Crippen LogP contribution in [0.5, 0.6) is 0 Å². The smallest absolute Gasteiger partial charge is 0.379 e. The summed E-state index contributed by atoms with van der Waals surface area (Å²) in [5, 5.41) is 0. The van der Waals surface area contributed by atoms with Crippen LogP contribution in [0.1, 0.15) is 27.2 Å². The maximum atomic E-state index is 12.2. The molecule has 8 heteroatoms. The molecule has 0 N–H and O–H groups in total. The Bertz CT molecular complexity index is 415. The Hall–Kier alpha value is -1.05. The van der Waals surface area contributed by atoms with Gasteiger partial charge < -0.3 is 4.18 Å². The Labute approximate surface area is 105 Å². The minimum absolute atomic E-state index is 0.183. The molecule has 0 aromatic rings. The molecule has 0 rings (SSSR count). The summed E-state index contributed by atoms with van der Waals surface area (Å²) in [6.07, 6.45) is 1.74. The summed E-state index contributed by atoms with van der Waals surface area (Å²) in [6.45, 7) is 8.14. The molecule has 0 radical (unpaired) electrons. The molecule has 0 heterocycles. The van der Waals surface area contributed by atoms with Crippen molar-refractivity contribution in [3.05, 3.63) is 11.8 Å². The first-order valence-electron chi connectivity index (χ1n) is 5.23. The lowest BCUT2D eigenvalue weighted by Crippen LogP contribution is -2.29. The summed E-state index contributed by atoms with van der Waals surface area (Å²) >= 11 is 0. The highest BCUT2D eigenvalue weighted by atomic mass is 32.2. The fourth-order valence-corrected chi connectivity index (χ4v) is 1.76. The van der Waals surface area contributed by atoms with Gasteiger partial charge in [-0.25, -0.2) is 0 Å². The summed E-state index contributed by atoms with van der Waals surface area (Å²) in [4.78, 5) is 3.62. The fourth-order valence-electron chi connectivity index (χ4n) is 1.22. The second kappa shape index (κ2) is 6.21. The molecule has 0 aliphatic heterocycles. The van der Waals surface area contributed by atoms with Crippen molar-refractivity contribution in [2.24, 2.45) is 10.9 Å². The highest BCUT2D eigenvalue weighted by Crippen LogP contribution is 2.29. The van der Waals surface area contributed by atoms with Crippen LogP contribution < -0.4 is 0 Å². The van der Waals surface area contributed by atoms with E-state index in [1.165, 1.54) is 6.92 Å². The van der Waals surface area contributed by atoms with Crippen molar-refractivity contribution in [2.75, 3.05) is 0 Å². The quantitative estimate of drug-likeness (QED) is 0.327. The molecule has 0 spiro atoms. The molecule has 0 bridgehead atoms. The Balaban J connectivity index is 5.22. The van der Waals surface area contributed by atoms with Crippen molar-refractivity contribution in [2.45, 2.75) is 38.7 Å². The molecule has 0 amide bonds. The zero-order chi connectivity index (χ0) is 14.6. The molecule has 0 aliphatic carbocycles. The highest BCUT2D eigenvalue weighted by Gasteiger charge is 2.49. The minimum atomic E-state index is -5.66. The zero-order valence-electron chi connectivity index (χ0n) is 10.4. The van der Waals surface area contributed by atoms with Crippen molar-refractivity contribution >= 4 is 16.8 Å². The third-order valence-corrected chi connectivity index (χ3v) is 3.42. The van der Waals surface area contributed by atoms with E-state index in [1.54, 1.807) is 13.8 Å². The number of allylic oxidation sites excluding steroid dienone is 1. The molecular formula is C10H16F3NO3S. The van der Waals surface area contributed by atoms with Crippen LogP contribution in [-0.2, 0) is 14.3 Å². The number of rotatable bonds is 6. The first kappa shape index (κ1) is 16.9. The summed E-state index contributed by atoms with van der Waals surface area (Å²) in [6, 6.07) is -0.822. The van der Waals surface area contributed by atoms with Gasteiger partial charge in [-0.1, -0.05) is 20.3 Å². The molecule has 2 unspecified atom stereocenters. The van der Waals surface area contributed by atoms with E-state index in [0.717, 1.165) is 6.08 Å². The monoisotopic (exact) mass is 287 g/mol. The Morgan fingerprint density at radius 2 is 2.00 bits per heavy atom. The average Bonchev–Trinajstić information content (AvgIpc) is 2.26. The number of alkyl halides is 3. The van der Waals surface area contributed by atoms with Crippen LogP contribution in [0.2, 0.25) is 0 Å². The van der Waals surface area contributed by atoms with E-state index < -0.39 is 21.7 Å². The van der Waals surface area contributed by atoms with Gasteiger partial charge in [0.1, 0.15) is 11.8 Å². The van der Waals surface area contributed by atoms with Crippen molar-refractivity contribution in [1.29, 1.82) is 0 Å². The van der Waals surface area contributed by atoms with Crippen LogP contribution in [0.15, 0.2) is 16.8 Å². The molecule has 106 valence electrons. The van der Waals surface area contributed by atoms with Gasteiger partial charge in [0.25, 0.3) is 0 Å². The largest absolute Gasteiger partial charge is 0.534 e. The third-order valence-electron chi connectivity index (χ3n) is 2.45. The summed E-state index contributed by atoms with van der Waals surface area (Å²) in [7, 11) is -5.66. The van der Waals surface area contributed by atoms with Gasteiger partial charge in [0, 0.05) is 0 Å². The van der Waals surface area contributed by atoms with Gasteiger partial charge in [0.15, 0.2) is 0 Å². The first-order chi connectivity index (χ1) is 8.10. The van der Waals surface area contributed by atoms with E-state index in [0.29, 0.717) is 6.42 Å². The molecule has 18 heavy (non-hydrogen) atoms. The molecule has 2 atom stereocenters. The zero-order valence-corrected chi connectivity index (χ0v) is 11.2. The molecular weight excluding hydrogens is 271 g/mol. The topological polar surface area (TPSA) is 55.7 Å². The van der Waals surface area contributed by atoms with E-state index in [-0.39, 0.29) is 11.7 Å². The van der Waals surface area contributed by atoms with Crippen LogP contribution >= 0.6 is 0 Å². The molecule has 0 saturated heterocycles. The predicted octanol–water partition coefficient (Wildman–Crippen LogP) is 2.87. The van der Waals surface area contributed by atoms with Crippen molar-refractivity contribution < 1.29 is 25.8 Å². The van der Waals surface area contributed by atoms with Crippen LogP contribution in [0.4, 0.5) is 13.2 Å². The summed E-state index contributed by atoms with van der Waals surface area (Å²) in [5.41, 5.74) is -5.46. The number of halogens is 3.